The highest BCUT2D eigenvalue weighted by Gasteiger charge is 2.38. The van der Waals surface area contributed by atoms with Crippen LogP contribution >= 0.6 is 0 Å². The maximum atomic E-state index is 14.2. The van der Waals surface area contributed by atoms with Gasteiger partial charge in [0.05, 0.1) is 12.5 Å². The SMILES string of the molecule is CNC(CC(=O)N(C)[C@@H](CC(C)C)C(=O)N[C@@H](CC(C)C)C(=O)N(C)[C@@H](CC(C)C)C(=O)N(C)[C@H](C)CC(C)C)C(=O)N1CCCCC1. The van der Waals surface area contributed by atoms with Crippen LogP contribution in [0.2, 0.25) is 0 Å². The van der Waals surface area contributed by atoms with Gasteiger partial charge in [-0.3, -0.25) is 24.0 Å². The minimum atomic E-state index is -0.868. The molecule has 2 N–H and O–H groups in total. The van der Waals surface area contributed by atoms with Crippen molar-refractivity contribution in [1.29, 1.82) is 0 Å². The van der Waals surface area contributed by atoms with Gasteiger partial charge in [-0.2, -0.15) is 0 Å². The van der Waals surface area contributed by atoms with Crippen molar-refractivity contribution in [1.82, 2.24) is 30.2 Å². The van der Waals surface area contributed by atoms with E-state index in [1.807, 2.05) is 53.4 Å². The zero-order valence-corrected chi connectivity index (χ0v) is 32.6. The molecule has 0 spiro atoms. The number of nitrogens with one attached hydrogen (secondary N) is 2. The number of carbonyl (C=O) groups is 5. The Morgan fingerprint density at radius 1 is 0.604 bits per heavy atom. The molecule has 278 valence electrons. The molecule has 0 radical (unpaired) electrons. The van der Waals surface area contributed by atoms with Gasteiger partial charge in [0.2, 0.25) is 29.5 Å². The summed E-state index contributed by atoms with van der Waals surface area (Å²) < 4.78 is 0. The van der Waals surface area contributed by atoms with Gasteiger partial charge < -0.3 is 30.2 Å². The molecule has 1 rings (SSSR count). The van der Waals surface area contributed by atoms with Gasteiger partial charge in [-0.1, -0.05) is 55.4 Å². The largest absolute Gasteiger partial charge is 0.342 e. The van der Waals surface area contributed by atoms with Crippen molar-refractivity contribution in [2.45, 2.75) is 144 Å². The molecule has 0 aromatic rings. The minimum Gasteiger partial charge on any atom is -0.342 e. The highest BCUT2D eigenvalue weighted by atomic mass is 16.2. The molecule has 0 saturated carbocycles. The van der Waals surface area contributed by atoms with Crippen molar-refractivity contribution in [3.05, 3.63) is 0 Å². The molecular weight excluding hydrogens is 608 g/mol. The van der Waals surface area contributed by atoms with Gasteiger partial charge in [0.15, 0.2) is 0 Å². The van der Waals surface area contributed by atoms with Gasteiger partial charge >= 0.3 is 0 Å². The topological polar surface area (TPSA) is 122 Å². The van der Waals surface area contributed by atoms with E-state index in [9.17, 15) is 24.0 Å². The summed E-state index contributed by atoms with van der Waals surface area (Å²) in [5.41, 5.74) is 0. The molecular formula is C37H70N6O5. The zero-order chi connectivity index (χ0) is 36.9. The maximum absolute atomic E-state index is 14.2. The van der Waals surface area contributed by atoms with Crippen molar-refractivity contribution >= 4 is 29.5 Å². The average Bonchev–Trinajstić information content (AvgIpc) is 3.02. The summed E-state index contributed by atoms with van der Waals surface area (Å²) in [5.74, 6) is -0.486. The number of carbonyl (C=O) groups excluding carboxylic acids is 5. The summed E-state index contributed by atoms with van der Waals surface area (Å²) in [6, 6.07) is -3.03. The summed E-state index contributed by atoms with van der Waals surface area (Å²) in [6.45, 7) is 19.7. The van der Waals surface area contributed by atoms with Crippen molar-refractivity contribution in [2.24, 2.45) is 23.7 Å². The van der Waals surface area contributed by atoms with Crippen LogP contribution in [-0.2, 0) is 24.0 Å². The predicted molar refractivity (Wildman–Crippen MR) is 193 cm³/mol. The van der Waals surface area contributed by atoms with E-state index in [1.165, 1.54) is 9.80 Å². The van der Waals surface area contributed by atoms with E-state index in [4.69, 9.17) is 0 Å². The highest BCUT2D eigenvalue weighted by Crippen LogP contribution is 2.21. The van der Waals surface area contributed by atoms with Crippen LogP contribution < -0.4 is 10.6 Å². The Morgan fingerprint density at radius 2 is 1.10 bits per heavy atom. The number of likely N-dealkylation sites (N-methyl/N-ethyl adjacent to an activating group) is 4. The quantitative estimate of drug-likeness (QED) is 0.212. The second-order valence-corrected chi connectivity index (χ2v) is 15.8. The molecule has 1 unspecified atom stereocenters. The van der Waals surface area contributed by atoms with Crippen LogP contribution in [0.25, 0.3) is 0 Å². The van der Waals surface area contributed by atoms with Crippen molar-refractivity contribution in [2.75, 3.05) is 41.3 Å². The predicted octanol–water partition coefficient (Wildman–Crippen LogP) is 4.15. The fraction of sp³-hybridized carbons (Fsp3) is 0.865. The summed E-state index contributed by atoms with van der Waals surface area (Å²) in [7, 11) is 6.74. The summed E-state index contributed by atoms with van der Waals surface area (Å²) in [4.78, 5) is 75.4. The summed E-state index contributed by atoms with van der Waals surface area (Å²) in [6.07, 6.45) is 5.07. The Bertz CT molecular complexity index is 1040. The molecule has 1 fully saturated rings. The smallest absolute Gasteiger partial charge is 0.245 e. The Morgan fingerprint density at radius 3 is 1.58 bits per heavy atom. The summed E-state index contributed by atoms with van der Waals surface area (Å²) >= 11 is 0. The van der Waals surface area contributed by atoms with E-state index in [0.29, 0.717) is 38.3 Å². The Kier molecular flexibility index (Phi) is 18.7. The lowest BCUT2D eigenvalue weighted by atomic mass is 9.96. The third kappa shape index (κ3) is 13.7. The van der Waals surface area contributed by atoms with Crippen LogP contribution in [0.5, 0.6) is 0 Å². The fourth-order valence-corrected chi connectivity index (χ4v) is 6.55. The number of hydrogen-bond donors (Lipinski definition) is 2. The lowest BCUT2D eigenvalue weighted by Crippen LogP contribution is -2.58. The van der Waals surface area contributed by atoms with Gasteiger partial charge in [-0.05, 0) is 82.6 Å². The molecule has 11 nitrogen and oxygen atoms in total. The molecule has 0 aromatic heterocycles. The highest BCUT2D eigenvalue weighted by molar-refractivity contribution is 5.95. The number of nitrogens with zero attached hydrogens (tertiary/aromatic N) is 4. The van der Waals surface area contributed by atoms with E-state index < -0.39 is 30.1 Å². The van der Waals surface area contributed by atoms with Gasteiger partial charge in [0, 0.05) is 40.3 Å². The second-order valence-electron chi connectivity index (χ2n) is 15.8. The number of piperidine rings is 1. The van der Waals surface area contributed by atoms with Crippen LogP contribution in [-0.4, -0.2) is 121 Å². The monoisotopic (exact) mass is 679 g/mol. The van der Waals surface area contributed by atoms with E-state index in [-0.39, 0.29) is 53.8 Å². The first-order valence-electron chi connectivity index (χ1n) is 18.4. The van der Waals surface area contributed by atoms with Gasteiger partial charge in [0.25, 0.3) is 0 Å². The second kappa shape index (κ2) is 20.7. The molecule has 5 atom stereocenters. The van der Waals surface area contributed by atoms with Crippen molar-refractivity contribution < 1.29 is 24.0 Å². The number of rotatable bonds is 19. The molecule has 1 heterocycles. The molecule has 1 aliphatic heterocycles. The van der Waals surface area contributed by atoms with Crippen molar-refractivity contribution in [3.63, 3.8) is 0 Å². The number of amides is 5. The zero-order valence-electron chi connectivity index (χ0n) is 32.6. The molecule has 0 aliphatic carbocycles. The average molecular weight is 679 g/mol. The van der Waals surface area contributed by atoms with Crippen LogP contribution in [0.4, 0.5) is 0 Å². The summed E-state index contributed by atoms with van der Waals surface area (Å²) in [5, 5.41) is 6.01. The third-order valence-electron chi connectivity index (χ3n) is 9.49. The van der Waals surface area contributed by atoms with Crippen LogP contribution in [0.15, 0.2) is 0 Å². The third-order valence-corrected chi connectivity index (χ3v) is 9.49. The van der Waals surface area contributed by atoms with Crippen molar-refractivity contribution in [3.8, 4) is 0 Å². The number of likely N-dealkylation sites (tertiary alicyclic amines) is 1. The molecule has 5 amide bonds. The first-order valence-corrected chi connectivity index (χ1v) is 18.4. The van der Waals surface area contributed by atoms with Crippen LogP contribution in [0.1, 0.15) is 114 Å². The Labute approximate surface area is 292 Å². The minimum absolute atomic E-state index is 0.0179. The molecule has 48 heavy (non-hydrogen) atoms. The Hall–Kier alpha value is -2.69. The molecule has 1 saturated heterocycles. The van der Waals surface area contributed by atoms with Crippen LogP contribution in [0, 0.1) is 23.7 Å². The van der Waals surface area contributed by atoms with Gasteiger partial charge in [-0.15, -0.1) is 0 Å². The first kappa shape index (κ1) is 43.3. The standard InChI is InChI=1S/C37H70N6O5/c1-24(2)19-28(9)40(11)37(48)32(22-27(7)8)42(13)35(46)30(20-25(3)4)39-34(45)31(21-26(5)6)41(12)33(44)23-29(38-10)36(47)43-17-15-14-16-18-43/h24-32,38H,14-23H2,1-13H3,(H,39,45)/t28-,29?,30+,31+,32+/m1/s1. The molecule has 0 bridgehead atoms. The lowest BCUT2D eigenvalue weighted by Gasteiger charge is -2.37. The van der Waals surface area contributed by atoms with E-state index >= 15 is 0 Å². The van der Waals surface area contributed by atoms with E-state index in [0.717, 1.165) is 25.7 Å². The first-order chi connectivity index (χ1) is 22.3. The molecule has 11 heteroatoms. The van der Waals surface area contributed by atoms with E-state index in [1.54, 1.807) is 33.1 Å². The van der Waals surface area contributed by atoms with Gasteiger partial charge in [-0.25, -0.2) is 0 Å². The molecule has 0 aromatic carbocycles. The molecule has 1 aliphatic rings. The normalized spacial score (nSPS) is 16.8. The Balaban J connectivity index is 3.26. The van der Waals surface area contributed by atoms with Crippen LogP contribution in [0.3, 0.4) is 0 Å². The number of hydrogen-bond acceptors (Lipinski definition) is 6. The lowest BCUT2D eigenvalue weighted by molar-refractivity contribution is -0.148. The van der Waals surface area contributed by atoms with Gasteiger partial charge in [0.1, 0.15) is 18.1 Å². The fourth-order valence-electron chi connectivity index (χ4n) is 6.55. The maximum Gasteiger partial charge on any atom is 0.245 e. The van der Waals surface area contributed by atoms with E-state index in [2.05, 4.69) is 24.5 Å².